The fourth-order valence-corrected chi connectivity index (χ4v) is 2.31. The van der Waals surface area contributed by atoms with E-state index in [9.17, 15) is 9.90 Å². The van der Waals surface area contributed by atoms with E-state index in [0.29, 0.717) is 18.1 Å². The van der Waals surface area contributed by atoms with Crippen LogP contribution < -0.4 is 0 Å². The number of aryl methyl sites for hydroxylation is 1. The average molecular weight is 249 g/mol. The maximum atomic E-state index is 12.2. The molecule has 1 aliphatic heterocycles. The second-order valence-electron chi connectivity index (χ2n) is 4.86. The Morgan fingerprint density at radius 1 is 1.56 bits per heavy atom. The quantitative estimate of drug-likeness (QED) is 0.888. The molecule has 0 aromatic heterocycles. The molecule has 1 unspecified atom stereocenters. The Kier molecular flexibility index (Phi) is 3.87. The van der Waals surface area contributed by atoms with Crippen molar-refractivity contribution in [3.05, 3.63) is 29.3 Å². The number of aromatic hydroxyl groups is 1. The SMILES string of the molecule is COCC1CCN(C(=O)c2ccc(C)c(O)c2)C1. The number of carbonyl (C=O) groups excluding carboxylic acids is 1. The number of nitrogens with zero attached hydrogens (tertiary/aromatic N) is 1. The Balaban J connectivity index is 2.05. The summed E-state index contributed by atoms with van der Waals surface area (Å²) in [6, 6.07) is 5.08. The van der Waals surface area contributed by atoms with Crippen molar-refractivity contribution in [2.24, 2.45) is 5.92 Å². The van der Waals surface area contributed by atoms with Crippen LogP contribution in [0.5, 0.6) is 5.75 Å². The molecule has 1 aromatic rings. The van der Waals surface area contributed by atoms with E-state index in [2.05, 4.69) is 0 Å². The van der Waals surface area contributed by atoms with Gasteiger partial charge in [0.2, 0.25) is 0 Å². The van der Waals surface area contributed by atoms with Crippen LogP contribution in [-0.2, 0) is 4.74 Å². The van der Waals surface area contributed by atoms with E-state index in [1.165, 1.54) is 0 Å². The van der Waals surface area contributed by atoms with E-state index in [0.717, 1.165) is 25.1 Å². The standard InChI is InChI=1S/C14H19NO3/c1-10-3-4-12(7-13(10)16)14(17)15-6-5-11(8-15)9-18-2/h3-4,7,11,16H,5-6,8-9H2,1-2H3. The van der Waals surface area contributed by atoms with E-state index >= 15 is 0 Å². The minimum Gasteiger partial charge on any atom is -0.508 e. The third-order valence-electron chi connectivity index (χ3n) is 3.43. The zero-order valence-corrected chi connectivity index (χ0v) is 10.8. The number of hydrogen-bond acceptors (Lipinski definition) is 3. The molecule has 1 amide bonds. The number of rotatable bonds is 3. The largest absolute Gasteiger partial charge is 0.508 e. The molecule has 1 saturated heterocycles. The molecule has 0 saturated carbocycles. The number of carbonyl (C=O) groups is 1. The van der Waals surface area contributed by atoms with Crippen molar-refractivity contribution in [3.8, 4) is 5.75 Å². The van der Waals surface area contributed by atoms with Crippen LogP contribution in [0, 0.1) is 12.8 Å². The molecule has 1 aliphatic rings. The van der Waals surface area contributed by atoms with Gasteiger partial charge in [-0.3, -0.25) is 4.79 Å². The maximum Gasteiger partial charge on any atom is 0.253 e. The van der Waals surface area contributed by atoms with Gasteiger partial charge in [0, 0.05) is 31.7 Å². The summed E-state index contributed by atoms with van der Waals surface area (Å²) in [5, 5.41) is 9.64. The summed E-state index contributed by atoms with van der Waals surface area (Å²) in [4.78, 5) is 14.1. The first-order valence-electron chi connectivity index (χ1n) is 6.19. The molecule has 1 N–H and O–H groups in total. The van der Waals surface area contributed by atoms with Crippen molar-refractivity contribution in [2.75, 3.05) is 26.8 Å². The molecule has 18 heavy (non-hydrogen) atoms. The normalized spacial score (nSPS) is 19.2. The predicted octanol–water partition coefficient (Wildman–Crippen LogP) is 1.81. The summed E-state index contributed by atoms with van der Waals surface area (Å²) in [6.07, 6.45) is 0.984. The lowest BCUT2D eigenvalue weighted by atomic mass is 10.1. The van der Waals surface area contributed by atoms with Gasteiger partial charge in [0.1, 0.15) is 5.75 Å². The van der Waals surface area contributed by atoms with Gasteiger partial charge in [0.25, 0.3) is 5.91 Å². The Morgan fingerprint density at radius 3 is 3.00 bits per heavy atom. The molecule has 1 aromatic carbocycles. The van der Waals surface area contributed by atoms with Gasteiger partial charge in [0.15, 0.2) is 0 Å². The number of benzene rings is 1. The highest BCUT2D eigenvalue weighted by Crippen LogP contribution is 2.22. The second kappa shape index (κ2) is 5.40. The van der Waals surface area contributed by atoms with E-state index in [1.807, 2.05) is 11.8 Å². The van der Waals surface area contributed by atoms with Crippen LogP contribution in [0.25, 0.3) is 0 Å². The van der Waals surface area contributed by atoms with Crippen LogP contribution in [0.15, 0.2) is 18.2 Å². The van der Waals surface area contributed by atoms with Gasteiger partial charge in [-0.05, 0) is 31.0 Å². The van der Waals surface area contributed by atoms with Gasteiger partial charge in [-0.1, -0.05) is 6.07 Å². The van der Waals surface area contributed by atoms with Gasteiger partial charge in [-0.2, -0.15) is 0 Å². The lowest BCUT2D eigenvalue weighted by Gasteiger charge is -2.16. The second-order valence-corrected chi connectivity index (χ2v) is 4.86. The summed E-state index contributed by atoms with van der Waals surface area (Å²) < 4.78 is 5.12. The Bertz CT molecular complexity index is 445. The Labute approximate surface area is 107 Å². The summed E-state index contributed by atoms with van der Waals surface area (Å²) in [6.45, 7) is 4.01. The van der Waals surface area contributed by atoms with Crippen molar-refractivity contribution in [1.82, 2.24) is 4.90 Å². The Hall–Kier alpha value is -1.55. The van der Waals surface area contributed by atoms with E-state index in [-0.39, 0.29) is 11.7 Å². The van der Waals surface area contributed by atoms with Gasteiger partial charge < -0.3 is 14.7 Å². The summed E-state index contributed by atoms with van der Waals surface area (Å²) in [5.41, 5.74) is 1.33. The van der Waals surface area contributed by atoms with Gasteiger partial charge in [-0.15, -0.1) is 0 Å². The van der Waals surface area contributed by atoms with E-state index in [1.54, 1.807) is 25.3 Å². The van der Waals surface area contributed by atoms with Crippen molar-refractivity contribution < 1.29 is 14.6 Å². The van der Waals surface area contributed by atoms with E-state index in [4.69, 9.17) is 4.74 Å². The predicted molar refractivity (Wildman–Crippen MR) is 68.7 cm³/mol. The lowest BCUT2D eigenvalue weighted by molar-refractivity contribution is 0.0775. The molecule has 2 rings (SSSR count). The summed E-state index contributed by atoms with van der Waals surface area (Å²) in [5.74, 6) is 0.593. The van der Waals surface area contributed by atoms with Crippen molar-refractivity contribution in [3.63, 3.8) is 0 Å². The molecule has 0 bridgehead atoms. The van der Waals surface area contributed by atoms with Crippen LogP contribution in [0.2, 0.25) is 0 Å². The molecule has 4 nitrogen and oxygen atoms in total. The van der Waals surface area contributed by atoms with Crippen LogP contribution in [0.4, 0.5) is 0 Å². The smallest absolute Gasteiger partial charge is 0.253 e. The Morgan fingerprint density at radius 2 is 2.33 bits per heavy atom. The number of amides is 1. The van der Waals surface area contributed by atoms with Crippen LogP contribution in [0.3, 0.4) is 0 Å². The highest BCUT2D eigenvalue weighted by Gasteiger charge is 2.26. The molecule has 98 valence electrons. The third kappa shape index (κ3) is 2.64. The third-order valence-corrected chi connectivity index (χ3v) is 3.43. The van der Waals surface area contributed by atoms with Crippen molar-refractivity contribution in [2.45, 2.75) is 13.3 Å². The minimum atomic E-state index is -0.0103. The highest BCUT2D eigenvalue weighted by atomic mass is 16.5. The van der Waals surface area contributed by atoms with Gasteiger partial charge in [-0.25, -0.2) is 0 Å². The first-order valence-corrected chi connectivity index (χ1v) is 6.19. The molecule has 4 heteroatoms. The monoisotopic (exact) mass is 249 g/mol. The summed E-state index contributed by atoms with van der Waals surface area (Å²) >= 11 is 0. The van der Waals surface area contributed by atoms with Gasteiger partial charge in [0.05, 0.1) is 6.61 Å². The molecule has 0 radical (unpaired) electrons. The fourth-order valence-electron chi connectivity index (χ4n) is 2.31. The lowest BCUT2D eigenvalue weighted by Crippen LogP contribution is -2.29. The average Bonchev–Trinajstić information content (AvgIpc) is 2.81. The van der Waals surface area contributed by atoms with Crippen LogP contribution >= 0.6 is 0 Å². The van der Waals surface area contributed by atoms with Crippen LogP contribution in [0.1, 0.15) is 22.3 Å². The maximum absolute atomic E-state index is 12.2. The fraction of sp³-hybridized carbons (Fsp3) is 0.500. The van der Waals surface area contributed by atoms with Gasteiger partial charge >= 0.3 is 0 Å². The zero-order valence-electron chi connectivity index (χ0n) is 10.8. The molecular formula is C14H19NO3. The van der Waals surface area contributed by atoms with Crippen molar-refractivity contribution >= 4 is 5.91 Å². The number of methoxy groups -OCH3 is 1. The summed E-state index contributed by atoms with van der Waals surface area (Å²) in [7, 11) is 1.68. The molecule has 0 aliphatic carbocycles. The number of likely N-dealkylation sites (tertiary alicyclic amines) is 1. The zero-order chi connectivity index (χ0) is 13.1. The molecule has 1 fully saturated rings. The van der Waals surface area contributed by atoms with E-state index < -0.39 is 0 Å². The van der Waals surface area contributed by atoms with Crippen molar-refractivity contribution in [1.29, 1.82) is 0 Å². The first kappa shape index (κ1) is 12.9. The van der Waals surface area contributed by atoms with Crippen LogP contribution in [-0.4, -0.2) is 42.7 Å². The number of hydrogen-bond donors (Lipinski definition) is 1. The molecule has 1 heterocycles. The number of phenols is 1. The molecule has 0 spiro atoms. The minimum absolute atomic E-state index is 0.0103. The first-order chi connectivity index (χ1) is 8.61. The number of ether oxygens (including phenoxy) is 1. The topological polar surface area (TPSA) is 49.8 Å². The molecule has 1 atom stereocenters. The number of phenolic OH excluding ortho intramolecular Hbond substituents is 1. The highest BCUT2D eigenvalue weighted by molar-refractivity contribution is 5.94. The molecular weight excluding hydrogens is 230 g/mol.